The zero-order chi connectivity index (χ0) is 12.0. The van der Waals surface area contributed by atoms with E-state index in [0.717, 1.165) is 25.2 Å². The number of nitrogens with zero attached hydrogens (tertiary/aromatic N) is 1. The number of aromatic nitrogens is 1. The van der Waals surface area contributed by atoms with Crippen LogP contribution in [0.15, 0.2) is 18.0 Å². The van der Waals surface area contributed by atoms with E-state index in [0.29, 0.717) is 0 Å². The fourth-order valence-corrected chi connectivity index (χ4v) is 2.56. The van der Waals surface area contributed by atoms with Crippen LogP contribution in [0, 0.1) is 12.3 Å². The summed E-state index contributed by atoms with van der Waals surface area (Å²) >= 11 is 1.74. The molecule has 90 valence electrons. The predicted molar refractivity (Wildman–Crippen MR) is 72.0 cm³/mol. The van der Waals surface area contributed by atoms with Crippen LogP contribution in [0.3, 0.4) is 0 Å². The molecule has 0 aliphatic heterocycles. The maximum atomic E-state index is 4.51. The van der Waals surface area contributed by atoms with Gasteiger partial charge in [0.25, 0.3) is 0 Å². The first-order valence-corrected chi connectivity index (χ1v) is 6.73. The van der Waals surface area contributed by atoms with Gasteiger partial charge < -0.3 is 5.32 Å². The SMILES string of the molecule is C=CC(C)(CNCCC)Cc1nc(C)cs1. The minimum Gasteiger partial charge on any atom is -0.316 e. The second-order valence-corrected chi connectivity index (χ2v) is 5.54. The van der Waals surface area contributed by atoms with E-state index >= 15 is 0 Å². The Kier molecular flexibility index (Phi) is 5.16. The van der Waals surface area contributed by atoms with Crippen molar-refractivity contribution in [3.63, 3.8) is 0 Å². The average molecular weight is 238 g/mol. The third-order valence-electron chi connectivity index (χ3n) is 2.67. The van der Waals surface area contributed by atoms with Crippen molar-refractivity contribution in [3.8, 4) is 0 Å². The first kappa shape index (κ1) is 13.4. The summed E-state index contributed by atoms with van der Waals surface area (Å²) in [7, 11) is 0. The van der Waals surface area contributed by atoms with Crippen molar-refractivity contribution in [1.29, 1.82) is 0 Å². The molecule has 0 fully saturated rings. The number of thiazole rings is 1. The molecule has 0 saturated heterocycles. The van der Waals surface area contributed by atoms with Gasteiger partial charge in [-0.05, 0) is 19.9 Å². The fourth-order valence-electron chi connectivity index (χ4n) is 1.59. The van der Waals surface area contributed by atoms with Crippen molar-refractivity contribution in [2.75, 3.05) is 13.1 Å². The summed E-state index contributed by atoms with van der Waals surface area (Å²) in [5.74, 6) is 0. The molecule has 0 radical (unpaired) electrons. The highest BCUT2D eigenvalue weighted by Crippen LogP contribution is 2.24. The van der Waals surface area contributed by atoms with Crippen molar-refractivity contribution in [2.45, 2.75) is 33.6 Å². The lowest BCUT2D eigenvalue weighted by Crippen LogP contribution is -2.32. The van der Waals surface area contributed by atoms with E-state index in [9.17, 15) is 0 Å². The fraction of sp³-hybridized carbons (Fsp3) is 0.615. The summed E-state index contributed by atoms with van der Waals surface area (Å²) in [5, 5.41) is 6.78. The van der Waals surface area contributed by atoms with Crippen molar-refractivity contribution in [3.05, 3.63) is 28.7 Å². The van der Waals surface area contributed by atoms with Crippen LogP contribution in [0.1, 0.15) is 31.0 Å². The Labute approximate surface area is 103 Å². The molecule has 1 heterocycles. The van der Waals surface area contributed by atoms with Crippen molar-refractivity contribution >= 4 is 11.3 Å². The van der Waals surface area contributed by atoms with Crippen molar-refractivity contribution < 1.29 is 0 Å². The first-order chi connectivity index (χ1) is 7.59. The smallest absolute Gasteiger partial charge is 0.0937 e. The molecular weight excluding hydrogens is 216 g/mol. The summed E-state index contributed by atoms with van der Waals surface area (Å²) in [5.41, 5.74) is 1.23. The zero-order valence-electron chi connectivity index (χ0n) is 10.5. The van der Waals surface area contributed by atoms with Gasteiger partial charge in [-0.3, -0.25) is 0 Å². The first-order valence-electron chi connectivity index (χ1n) is 5.85. The molecule has 0 amide bonds. The average Bonchev–Trinajstić information content (AvgIpc) is 2.64. The lowest BCUT2D eigenvalue weighted by atomic mass is 9.87. The minimum absolute atomic E-state index is 0.111. The number of hydrogen-bond donors (Lipinski definition) is 1. The van der Waals surface area contributed by atoms with Crippen molar-refractivity contribution in [2.24, 2.45) is 5.41 Å². The van der Waals surface area contributed by atoms with E-state index in [1.807, 2.05) is 13.0 Å². The topological polar surface area (TPSA) is 24.9 Å². The van der Waals surface area contributed by atoms with Gasteiger partial charge in [0.2, 0.25) is 0 Å². The molecule has 0 aliphatic carbocycles. The molecule has 1 rings (SSSR count). The second-order valence-electron chi connectivity index (χ2n) is 4.59. The largest absolute Gasteiger partial charge is 0.316 e. The quantitative estimate of drug-likeness (QED) is 0.583. The van der Waals surface area contributed by atoms with Crippen LogP contribution in [-0.2, 0) is 6.42 Å². The zero-order valence-corrected chi connectivity index (χ0v) is 11.4. The Morgan fingerprint density at radius 1 is 1.62 bits per heavy atom. The van der Waals surface area contributed by atoms with Crippen LogP contribution >= 0.6 is 11.3 Å². The maximum Gasteiger partial charge on any atom is 0.0937 e. The molecule has 3 heteroatoms. The normalized spacial score (nSPS) is 14.7. The Morgan fingerprint density at radius 2 is 2.38 bits per heavy atom. The minimum atomic E-state index is 0.111. The van der Waals surface area contributed by atoms with Gasteiger partial charge in [-0.1, -0.05) is 19.9 Å². The van der Waals surface area contributed by atoms with Crippen LogP contribution in [0.4, 0.5) is 0 Å². The molecular formula is C13H22N2S. The number of aryl methyl sites for hydroxylation is 1. The third kappa shape index (κ3) is 4.06. The van der Waals surface area contributed by atoms with Gasteiger partial charge in [0.15, 0.2) is 0 Å². The van der Waals surface area contributed by atoms with Gasteiger partial charge in [-0.2, -0.15) is 0 Å². The number of rotatable bonds is 7. The van der Waals surface area contributed by atoms with Gasteiger partial charge in [0.1, 0.15) is 0 Å². The van der Waals surface area contributed by atoms with Crippen LogP contribution < -0.4 is 5.32 Å². The lowest BCUT2D eigenvalue weighted by Gasteiger charge is -2.25. The summed E-state index contributed by atoms with van der Waals surface area (Å²) in [6.45, 7) is 12.5. The van der Waals surface area contributed by atoms with E-state index in [4.69, 9.17) is 0 Å². The summed E-state index contributed by atoms with van der Waals surface area (Å²) in [4.78, 5) is 4.51. The molecule has 1 aromatic rings. The molecule has 2 nitrogen and oxygen atoms in total. The van der Waals surface area contributed by atoms with E-state index < -0.39 is 0 Å². The predicted octanol–water partition coefficient (Wildman–Crippen LogP) is 3.19. The van der Waals surface area contributed by atoms with E-state index in [1.165, 1.54) is 11.4 Å². The Hall–Kier alpha value is -0.670. The molecule has 1 atom stereocenters. The van der Waals surface area contributed by atoms with Gasteiger partial charge in [-0.15, -0.1) is 17.9 Å². The Morgan fingerprint density at radius 3 is 2.88 bits per heavy atom. The van der Waals surface area contributed by atoms with Crippen LogP contribution in [-0.4, -0.2) is 18.1 Å². The summed E-state index contributed by atoms with van der Waals surface area (Å²) in [6.07, 6.45) is 4.20. The van der Waals surface area contributed by atoms with Gasteiger partial charge >= 0.3 is 0 Å². The molecule has 0 spiro atoms. The van der Waals surface area contributed by atoms with E-state index in [-0.39, 0.29) is 5.41 Å². The third-order valence-corrected chi connectivity index (χ3v) is 3.64. The molecule has 0 aliphatic rings. The number of nitrogens with one attached hydrogen (secondary N) is 1. The van der Waals surface area contributed by atoms with Crippen molar-refractivity contribution in [1.82, 2.24) is 10.3 Å². The Balaban J connectivity index is 2.55. The van der Waals surface area contributed by atoms with Crippen LogP contribution in [0.25, 0.3) is 0 Å². The van der Waals surface area contributed by atoms with Gasteiger partial charge in [0.05, 0.1) is 5.01 Å². The molecule has 16 heavy (non-hydrogen) atoms. The monoisotopic (exact) mass is 238 g/mol. The highest BCUT2D eigenvalue weighted by molar-refractivity contribution is 7.09. The summed E-state index contributed by atoms with van der Waals surface area (Å²) in [6, 6.07) is 0. The molecule has 0 saturated carbocycles. The van der Waals surface area contributed by atoms with E-state index in [1.54, 1.807) is 11.3 Å². The number of hydrogen-bond acceptors (Lipinski definition) is 3. The molecule has 0 aromatic carbocycles. The van der Waals surface area contributed by atoms with Gasteiger partial charge in [-0.25, -0.2) is 4.98 Å². The second kappa shape index (κ2) is 6.16. The molecule has 1 aromatic heterocycles. The molecule has 1 unspecified atom stereocenters. The Bertz CT molecular complexity index is 332. The maximum absolute atomic E-state index is 4.51. The highest BCUT2D eigenvalue weighted by Gasteiger charge is 2.21. The van der Waals surface area contributed by atoms with Gasteiger partial charge in [0, 0.05) is 29.5 Å². The summed E-state index contributed by atoms with van der Waals surface area (Å²) < 4.78 is 0. The molecule has 1 N–H and O–H groups in total. The van der Waals surface area contributed by atoms with Crippen LogP contribution in [0.2, 0.25) is 0 Å². The van der Waals surface area contributed by atoms with Crippen LogP contribution in [0.5, 0.6) is 0 Å². The van der Waals surface area contributed by atoms with E-state index in [2.05, 4.69) is 36.1 Å². The molecule has 0 bridgehead atoms. The standard InChI is InChI=1S/C13H22N2S/c1-5-7-14-10-13(4,6-2)8-12-15-11(3)9-16-12/h6,9,14H,2,5,7-8,10H2,1,3-4H3. The lowest BCUT2D eigenvalue weighted by molar-refractivity contribution is 0.390. The highest BCUT2D eigenvalue weighted by atomic mass is 32.1.